The fraction of sp³-hybridized carbons (Fsp3) is 0.500. The van der Waals surface area contributed by atoms with E-state index in [0.29, 0.717) is 12.5 Å². The molecule has 0 saturated carbocycles. The second-order valence-electron chi connectivity index (χ2n) is 4.73. The van der Waals surface area contributed by atoms with Crippen LogP contribution in [0.5, 0.6) is 0 Å². The number of unbranched alkanes of at least 4 members (excludes halogenated alkanes) is 3. The molecule has 0 bridgehead atoms. The fourth-order valence-electron chi connectivity index (χ4n) is 2.00. The van der Waals surface area contributed by atoms with Crippen LogP contribution in [0.1, 0.15) is 38.3 Å². The maximum Gasteiger partial charge on any atom is 0.188 e. The number of hydrogen-bond donors (Lipinski definition) is 2. The average Bonchev–Trinajstić information content (AvgIpc) is 2.94. The summed E-state index contributed by atoms with van der Waals surface area (Å²) in [5, 5.41) is 7.35. The summed E-state index contributed by atoms with van der Waals surface area (Å²) in [6.07, 6.45) is 8.36. The first-order valence-corrected chi connectivity index (χ1v) is 7.12. The molecule has 0 unspecified atom stereocenters. The van der Waals surface area contributed by atoms with Crippen LogP contribution in [0.3, 0.4) is 0 Å². The predicted octanol–water partition coefficient (Wildman–Crippen LogP) is 1.71. The Bertz CT molecular complexity index is 560. The molecule has 0 fully saturated rings. The van der Waals surface area contributed by atoms with Crippen molar-refractivity contribution in [3.8, 4) is 0 Å². The van der Waals surface area contributed by atoms with E-state index in [4.69, 9.17) is 5.73 Å². The minimum absolute atomic E-state index is 0.485. The molecule has 108 valence electrons. The highest BCUT2D eigenvalue weighted by Crippen LogP contribution is 2.04. The van der Waals surface area contributed by atoms with Crippen molar-refractivity contribution in [1.29, 1.82) is 0 Å². The molecule has 2 rings (SSSR count). The van der Waals surface area contributed by atoms with Crippen molar-refractivity contribution in [2.45, 2.75) is 39.2 Å². The third kappa shape index (κ3) is 3.94. The van der Waals surface area contributed by atoms with Crippen molar-refractivity contribution in [2.24, 2.45) is 10.7 Å². The summed E-state index contributed by atoms with van der Waals surface area (Å²) in [6.45, 7) is 3.57. The molecule has 0 aliphatic rings. The number of fused-ring (bicyclic) bond motifs is 1. The van der Waals surface area contributed by atoms with E-state index >= 15 is 0 Å². The number of guanidine groups is 1. The van der Waals surface area contributed by atoms with Gasteiger partial charge in [-0.25, -0.2) is 14.5 Å². The third-order valence-corrected chi connectivity index (χ3v) is 3.12. The van der Waals surface area contributed by atoms with E-state index in [1.807, 2.05) is 12.1 Å². The van der Waals surface area contributed by atoms with Crippen LogP contribution in [0, 0.1) is 0 Å². The lowest BCUT2D eigenvalue weighted by Crippen LogP contribution is -2.32. The van der Waals surface area contributed by atoms with Gasteiger partial charge in [-0.15, -0.1) is 0 Å². The van der Waals surface area contributed by atoms with Gasteiger partial charge in [0.05, 0.1) is 18.4 Å². The van der Waals surface area contributed by atoms with Crippen LogP contribution < -0.4 is 11.1 Å². The molecule has 0 atom stereocenters. The predicted molar refractivity (Wildman–Crippen MR) is 80.5 cm³/mol. The molecule has 0 amide bonds. The highest BCUT2D eigenvalue weighted by molar-refractivity contribution is 5.77. The highest BCUT2D eigenvalue weighted by atomic mass is 15.3. The second kappa shape index (κ2) is 7.47. The summed E-state index contributed by atoms with van der Waals surface area (Å²) in [5.41, 5.74) is 7.64. The quantitative estimate of drug-likeness (QED) is 0.457. The molecule has 6 nitrogen and oxygen atoms in total. The average molecular weight is 274 g/mol. The summed E-state index contributed by atoms with van der Waals surface area (Å²) >= 11 is 0. The van der Waals surface area contributed by atoms with Crippen molar-refractivity contribution in [2.75, 3.05) is 6.54 Å². The van der Waals surface area contributed by atoms with Crippen molar-refractivity contribution in [1.82, 2.24) is 19.9 Å². The number of rotatable bonds is 7. The molecular formula is C14H22N6. The molecular weight excluding hydrogens is 252 g/mol. The number of nitrogens with one attached hydrogen (secondary N) is 1. The lowest BCUT2D eigenvalue weighted by molar-refractivity contribution is 0.652. The van der Waals surface area contributed by atoms with E-state index in [0.717, 1.165) is 24.3 Å². The normalized spacial score (nSPS) is 11.9. The molecule has 2 aromatic rings. The van der Waals surface area contributed by atoms with E-state index < -0.39 is 0 Å². The lowest BCUT2D eigenvalue weighted by Gasteiger charge is -2.06. The van der Waals surface area contributed by atoms with Crippen LogP contribution in [0.15, 0.2) is 29.5 Å². The second-order valence-corrected chi connectivity index (χ2v) is 4.73. The van der Waals surface area contributed by atoms with Crippen LogP contribution in [-0.4, -0.2) is 27.1 Å². The summed E-state index contributed by atoms with van der Waals surface area (Å²) in [6, 6.07) is 3.76. The van der Waals surface area contributed by atoms with Gasteiger partial charge in [0, 0.05) is 18.8 Å². The third-order valence-electron chi connectivity index (χ3n) is 3.12. The van der Waals surface area contributed by atoms with E-state index in [1.54, 1.807) is 16.9 Å². The summed E-state index contributed by atoms with van der Waals surface area (Å²) < 4.78 is 1.78. The molecule has 0 aliphatic carbocycles. The van der Waals surface area contributed by atoms with Crippen LogP contribution in [0.2, 0.25) is 0 Å². The first-order chi connectivity index (χ1) is 9.81. The Kier molecular flexibility index (Phi) is 5.34. The van der Waals surface area contributed by atoms with Gasteiger partial charge < -0.3 is 11.1 Å². The molecule has 2 aromatic heterocycles. The zero-order valence-electron chi connectivity index (χ0n) is 11.9. The van der Waals surface area contributed by atoms with E-state index in [2.05, 4.69) is 27.3 Å². The maximum atomic E-state index is 5.85. The number of nitrogens with two attached hydrogens (primary N) is 1. The molecule has 3 N–H and O–H groups in total. The Morgan fingerprint density at radius 2 is 2.20 bits per heavy atom. The van der Waals surface area contributed by atoms with Crippen LogP contribution in [0.4, 0.5) is 0 Å². The Morgan fingerprint density at radius 3 is 3.05 bits per heavy atom. The van der Waals surface area contributed by atoms with Crippen molar-refractivity contribution < 1.29 is 0 Å². The monoisotopic (exact) mass is 274 g/mol. The smallest absolute Gasteiger partial charge is 0.188 e. The number of aliphatic imine (C=N–C) groups is 1. The van der Waals surface area contributed by atoms with E-state index in [-0.39, 0.29) is 0 Å². The SMILES string of the molecule is CCCCCCNC(N)=NCc1ccnc2ccnn12. The topological polar surface area (TPSA) is 80.6 Å². The Labute approximate surface area is 119 Å². The van der Waals surface area contributed by atoms with Crippen molar-refractivity contribution in [3.05, 3.63) is 30.2 Å². The van der Waals surface area contributed by atoms with Gasteiger partial charge in [0.2, 0.25) is 0 Å². The van der Waals surface area contributed by atoms with Gasteiger partial charge in [-0.3, -0.25) is 0 Å². The molecule has 6 heteroatoms. The minimum atomic E-state index is 0.485. The van der Waals surface area contributed by atoms with Crippen molar-refractivity contribution in [3.63, 3.8) is 0 Å². The molecule has 20 heavy (non-hydrogen) atoms. The largest absolute Gasteiger partial charge is 0.370 e. The Morgan fingerprint density at radius 1 is 1.30 bits per heavy atom. The van der Waals surface area contributed by atoms with E-state index in [9.17, 15) is 0 Å². The van der Waals surface area contributed by atoms with Gasteiger partial charge in [-0.1, -0.05) is 26.2 Å². The number of nitrogens with zero attached hydrogens (tertiary/aromatic N) is 4. The highest BCUT2D eigenvalue weighted by Gasteiger charge is 2.01. The molecule has 0 spiro atoms. The van der Waals surface area contributed by atoms with Crippen LogP contribution >= 0.6 is 0 Å². The summed E-state index contributed by atoms with van der Waals surface area (Å²) in [5.74, 6) is 0.485. The standard InChI is InChI=1S/C14H22N6/c1-2-3-4-5-8-17-14(15)18-11-12-6-9-16-13-7-10-19-20(12)13/h6-7,9-10H,2-5,8,11H2,1H3,(H3,15,17,18). The van der Waals surface area contributed by atoms with Gasteiger partial charge in [0.25, 0.3) is 0 Å². The molecule has 0 radical (unpaired) electrons. The molecule has 0 aromatic carbocycles. The first kappa shape index (κ1) is 14.3. The number of hydrogen-bond acceptors (Lipinski definition) is 3. The van der Waals surface area contributed by atoms with Crippen LogP contribution in [-0.2, 0) is 6.54 Å². The van der Waals surface area contributed by atoms with Crippen molar-refractivity contribution >= 4 is 11.6 Å². The molecule has 0 saturated heterocycles. The van der Waals surface area contributed by atoms with Crippen LogP contribution in [0.25, 0.3) is 5.65 Å². The summed E-state index contributed by atoms with van der Waals surface area (Å²) in [7, 11) is 0. The first-order valence-electron chi connectivity index (χ1n) is 7.12. The zero-order chi connectivity index (χ0) is 14.2. The summed E-state index contributed by atoms with van der Waals surface area (Å²) in [4.78, 5) is 8.55. The molecule has 2 heterocycles. The Hall–Kier alpha value is -2.11. The van der Waals surface area contributed by atoms with Gasteiger partial charge in [0.1, 0.15) is 0 Å². The van der Waals surface area contributed by atoms with E-state index in [1.165, 1.54) is 19.3 Å². The Balaban J connectivity index is 1.84. The van der Waals surface area contributed by atoms with Gasteiger partial charge in [0.15, 0.2) is 11.6 Å². The zero-order valence-corrected chi connectivity index (χ0v) is 11.9. The number of aromatic nitrogens is 3. The van der Waals surface area contributed by atoms with Gasteiger partial charge in [-0.05, 0) is 12.5 Å². The minimum Gasteiger partial charge on any atom is -0.370 e. The van der Waals surface area contributed by atoms with Gasteiger partial charge >= 0.3 is 0 Å². The lowest BCUT2D eigenvalue weighted by atomic mass is 10.2. The fourth-order valence-corrected chi connectivity index (χ4v) is 2.00. The maximum absolute atomic E-state index is 5.85. The molecule has 0 aliphatic heterocycles. The van der Waals surface area contributed by atoms with Gasteiger partial charge in [-0.2, -0.15) is 5.10 Å².